The summed E-state index contributed by atoms with van der Waals surface area (Å²) >= 11 is 3.01. The highest BCUT2D eigenvalue weighted by molar-refractivity contribution is 9.10. The molecule has 4 heteroatoms. The molecule has 0 aromatic carbocycles. The van der Waals surface area contributed by atoms with Crippen LogP contribution in [0.4, 0.5) is 0 Å². The minimum absolute atomic E-state index is 0.177. The fourth-order valence-electron chi connectivity index (χ4n) is 0.637. The lowest BCUT2D eigenvalue weighted by atomic mass is 10.1. The van der Waals surface area contributed by atoms with Crippen LogP contribution in [-0.2, 0) is 14.3 Å². The van der Waals surface area contributed by atoms with Gasteiger partial charge in [0, 0.05) is 6.42 Å². The van der Waals surface area contributed by atoms with Gasteiger partial charge in [0.15, 0.2) is 10.1 Å². The highest BCUT2D eigenvalue weighted by Crippen LogP contribution is 2.21. The van der Waals surface area contributed by atoms with Crippen molar-refractivity contribution in [3.8, 4) is 0 Å². The van der Waals surface area contributed by atoms with E-state index in [0.29, 0.717) is 6.42 Å². The summed E-state index contributed by atoms with van der Waals surface area (Å²) in [7, 11) is 1.25. The molecule has 0 heterocycles. The van der Waals surface area contributed by atoms with Crippen LogP contribution in [-0.4, -0.2) is 23.2 Å². The molecule has 64 valence electrons. The first-order valence-electron chi connectivity index (χ1n) is 3.27. The number of carbonyl (C=O) groups is 2. The summed E-state index contributed by atoms with van der Waals surface area (Å²) in [6.45, 7) is 3.19. The number of rotatable bonds is 3. The Kier molecular flexibility index (Phi) is 3.72. The number of hydrogen-bond acceptors (Lipinski definition) is 3. The van der Waals surface area contributed by atoms with Crippen molar-refractivity contribution in [3.05, 3.63) is 0 Å². The number of alkyl halides is 1. The molecule has 0 fully saturated rings. The van der Waals surface area contributed by atoms with Crippen molar-refractivity contribution in [1.29, 1.82) is 0 Å². The first kappa shape index (κ1) is 10.6. The van der Waals surface area contributed by atoms with Crippen LogP contribution in [0.2, 0.25) is 0 Å². The fraction of sp³-hybridized carbons (Fsp3) is 0.714. The van der Waals surface area contributed by atoms with E-state index in [9.17, 15) is 9.59 Å². The summed E-state index contributed by atoms with van der Waals surface area (Å²) in [5.74, 6) is -0.728. The maximum atomic E-state index is 11.1. The molecule has 0 aliphatic rings. The van der Waals surface area contributed by atoms with Crippen molar-refractivity contribution >= 4 is 27.7 Å². The number of carbonyl (C=O) groups excluding carboxylic acids is 2. The van der Waals surface area contributed by atoms with Crippen LogP contribution >= 0.6 is 15.9 Å². The molecule has 0 rings (SSSR count). The molecule has 1 unspecified atom stereocenters. The van der Waals surface area contributed by atoms with E-state index in [1.54, 1.807) is 6.92 Å². The van der Waals surface area contributed by atoms with E-state index in [1.165, 1.54) is 14.0 Å². The van der Waals surface area contributed by atoms with E-state index in [4.69, 9.17) is 0 Å². The van der Waals surface area contributed by atoms with Crippen molar-refractivity contribution in [3.63, 3.8) is 0 Å². The number of esters is 1. The third-order valence-corrected chi connectivity index (χ3v) is 2.18. The summed E-state index contributed by atoms with van der Waals surface area (Å²) in [6, 6.07) is 0. The van der Waals surface area contributed by atoms with Gasteiger partial charge in [-0.3, -0.25) is 9.59 Å². The molecule has 0 aromatic rings. The van der Waals surface area contributed by atoms with Crippen LogP contribution in [0.1, 0.15) is 20.3 Å². The Morgan fingerprint density at radius 3 is 2.27 bits per heavy atom. The van der Waals surface area contributed by atoms with Crippen LogP contribution < -0.4 is 0 Å². The van der Waals surface area contributed by atoms with Gasteiger partial charge >= 0.3 is 5.97 Å². The van der Waals surface area contributed by atoms with E-state index in [2.05, 4.69) is 20.7 Å². The lowest BCUT2D eigenvalue weighted by molar-refractivity contribution is -0.146. The predicted octanol–water partition coefficient (Wildman–Crippen LogP) is 1.29. The van der Waals surface area contributed by atoms with Gasteiger partial charge in [-0.1, -0.05) is 22.9 Å². The van der Waals surface area contributed by atoms with Crippen LogP contribution in [0.5, 0.6) is 0 Å². The Balaban J connectivity index is 4.44. The lowest BCUT2D eigenvalue weighted by Crippen LogP contribution is -2.37. The van der Waals surface area contributed by atoms with E-state index >= 15 is 0 Å². The van der Waals surface area contributed by atoms with Crippen molar-refractivity contribution in [1.82, 2.24) is 0 Å². The quantitative estimate of drug-likeness (QED) is 0.411. The maximum Gasteiger partial charge on any atom is 0.329 e. The highest BCUT2D eigenvalue weighted by atomic mass is 79.9. The zero-order valence-electron chi connectivity index (χ0n) is 6.81. The third kappa shape index (κ3) is 2.29. The molecule has 0 aliphatic heterocycles. The summed E-state index contributed by atoms with van der Waals surface area (Å²) < 4.78 is 3.26. The van der Waals surface area contributed by atoms with E-state index in [1.807, 2.05) is 0 Å². The molecule has 0 bridgehead atoms. The van der Waals surface area contributed by atoms with Crippen LogP contribution in [0.25, 0.3) is 0 Å². The molecule has 0 saturated carbocycles. The van der Waals surface area contributed by atoms with Crippen molar-refractivity contribution in [2.75, 3.05) is 7.11 Å². The minimum Gasteiger partial charge on any atom is -0.468 e. The van der Waals surface area contributed by atoms with E-state index < -0.39 is 10.3 Å². The lowest BCUT2D eigenvalue weighted by Gasteiger charge is -2.16. The second kappa shape index (κ2) is 3.85. The molecule has 0 aromatic heterocycles. The number of ketones is 1. The first-order valence-corrected chi connectivity index (χ1v) is 4.06. The van der Waals surface area contributed by atoms with Gasteiger partial charge in [-0.2, -0.15) is 0 Å². The Bertz CT molecular complexity index is 157. The minimum atomic E-state index is -1.17. The van der Waals surface area contributed by atoms with Crippen molar-refractivity contribution in [2.24, 2.45) is 0 Å². The molecule has 11 heavy (non-hydrogen) atoms. The van der Waals surface area contributed by atoms with Gasteiger partial charge in [-0.05, 0) is 6.92 Å². The van der Waals surface area contributed by atoms with Gasteiger partial charge < -0.3 is 4.74 Å². The Morgan fingerprint density at radius 1 is 1.55 bits per heavy atom. The van der Waals surface area contributed by atoms with Crippen LogP contribution in [0, 0.1) is 0 Å². The molecular formula is C7H11BrO3. The van der Waals surface area contributed by atoms with Gasteiger partial charge in [-0.15, -0.1) is 0 Å². The molecule has 0 radical (unpaired) electrons. The van der Waals surface area contributed by atoms with Gasteiger partial charge in [0.1, 0.15) is 0 Å². The van der Waals surface area contributed by atoms with Gasteiger partial charge in [0.2, 0.25) is 0 Å². The molecular weight excluding hydrogens is 212 g/mol. The average Bonchev–Trinajstić information content (AvgIpc) is 2.01. The number of methoxy groups -OCH3 is 1. The zero-order valence-corrected chi connectivity index (χ0v) is 8.40. The number of halogens is 1. The first-order chi connectivity index (χ1) is 4.96. The normalized spacial score (nSPS) is 15.3. The van der Waals surface area contributed by atoms with E-state index in [-0.39, 0.29) is 5.78 Å². The smallest absolute Gasteiger partial charge is 0.329 e. The van der Waals surface area contributed by atoms with Gasteiger partial charge in [-0.25, -0.2) is 0 Å². The Labute approximate surface area is 74.2 Å². The maximum absolute atomic E-state index is 11.1. The molecule has 0 N–H and O–H groups in total. The standard InChI is InChI=1S/C7H11BrO3/c1-4-5(9)7(2,8)6(10)11-3/h4H2,1-3H3. The molecule has 3 nitrogen and oxygen atoms in total. The summed E-state index contributed by atoms with van der Waals surface area (Å²) in [5, 5.41) is 0. The molecule has 1 atom stereocenters. The monoisotopic (exact) mass is 222 g/mol. The molecule has 0 aliphatic carbocycles. The SMILES string of the molecule is CCC(=O)C(C)(Br)C(=O)OC. The second-order valence-electron chi connectivity index (χ2n) is 2.27. The van der Waals surface area contributed by atoms with Gasteiger partial charge in [0.05, 0.1) is 7.11 Å². The van der Waals surface area contributed by atoms with Gasteiger partial charge in [0.25, 0.3) is 0 Å². The summed E-state index contributed by atoms with van der Waals surface area (Å²) in [5.41, 5.74) is 0. The largest absolute Gasteiger partial charge is 0.468 e. The third-order valence-electron chi connectivity index (χ3n) is 1.41. The zero-order chi connectivity index (χ0) is 9.07. The Morgan fingerprint density at radius 2 is 2.00 bits per heavy atom. The highest BCUT2D eigenvalue weighted by Gasteiger charge is 2.37. The molecule has 0 amide bonds. The number of hydrogen-bond donors (Lipinski definition) is 0. The van der Waals surface area contributed by atoms with Crippen LogP contribution in [0.15, 0.2) is 0 Å². The predicted molar refractivity (Wildman–Crippen MR) is 44.6 cm³/mol. The van der Waals surface area contributed by atoms with Crippen LogP contribution in [0.3, 0.4) is 0 Å². The second-order valence-corrected chi connectivity index (χ2v) is 3.86. The van der Waals surface area contributed by atoms with Crippen molar-refractivity contribution < 1.29 is 14.3 Å². The van der Waals surface area contributed by atoms with E-state index in [0.717, 1.165) is 0 Å². The topological polar surface area (TPSA) is 43.4 Å². The summed E-state index contributed by atoms with van der Waals surface area (Å²) in [6.07, 6.45) is 0.316. The molecule has 0 spiro atoms. The fourth-order valence-corrected chi connectivity index (χ4v) is 1.08. The summed E-state index contributed by atoms with van der Waals surface area (Å²) in [4.78, 5) is 22.0. The number of ether oxygens (including phenoxy) is 1. The molecule has 0 saturated heterocycles. The number of Topliss-reactive ketones (excluding diaryl/α,β-unsaturated/α-hetero) is 1. The average molecular weight is 223 g/mol. The van der Waals surface area contributed by atoms with Crippen molar-refractivity contribution in [2.45, 2.75) is 24.6 Å². The Hall–Kier alpha value is -0.380.